The van der Waals surface area contributed by atoms with Crippen LogP contribution < -0.4 is 5.32 Å². The molecule has 5 rings (SSSR count). The third-order valence-electron chi connectivity index (χ3n) is 6.12. The highest BCUT2D eigenvalue weighted by Crippen LogP contribution is 2.33. The third kappa shape index (κ3) is 3.95. The zero-order valence-electron chi connectivity index (χ0n) is 18.8. The molecule has 3 aromatic heterocycles. The maximum absolute atomic E-state index is 13.4. The molecule has 9 heteroatoms. The second kappa shape index (κ2) is 8.72. The van der Waals surface area contributed by atoms with Gasteiger partial charge in [0.25, 0.3) is 11.8 Å². The summed E-state index contributed by atoms with van der Waals surface area (Å²) in [5.41, 5.74) is 4.04. The maximum atomic E-state index is 13.4. The highest BCUT2D eigenvalue weighted by atomic mass is 32.1. The molecule has 1 aromatic carbocycles. The van der Waals surface area contributed by atoms with Crippen molar-refractivity contribution in [1.29, 1.82) is 0 Å². The van der Waals surface area contributed by atoms with Crippen LogP contribution in [0.1, 0.15) is 50.6 Å². The monoisotopic (exact) mass is 479 g/mol. The van der Waals surface area contributed by atoms with E-state index in [2.05, 4.69) is 46.5 Å². The first-order valence-corrected chi connectivity index (χ1v) is 12.7. The summed E-state index contributed by atoms with van der Waals surface area (Å²) in [5, 5.41) is 5.78. The lowest BCUT2D eigenvalue weighted by molar-refractivity contribution is 0.0451. The number of imidazole rings is 1. The van der Waals surface area contributed by atoms with Crippen molar-refractivity contribution in [2.45, 2.75) is 39.7 Å². The van der Waals surface area contributed by atoms with E-state index in [0.29, 0.717) is 30.2 Å². The number of amides is 2. The van der Waals surface area contributed by atoms with Gasteiger partial charge in [-0.15, -0.1) is 22.7 Å². The van der Waals surface area contributed by atoms with Crippen LogP contribution in [-0.4, -0.2) is 50.2 Å². The summed E-state index contributed by atoms with van der Waals surface area (Å²) in [4.78, 5) is 38.8. The van der Waals surface area contributed by atoms with Crippen LogP contribution in [0.15, 0.2) is 35.8 Å². The van der Waals surface area contributed by atoms with Gasteiger partial charge >= 0.3 is 0 Å². The Morgan fingerprint density at radius 2 is 1.97 bits per heavy atom. The number of likely N-dealkylation sites (tertiary alicyclic amines) is 1. The fraction of sp³-hybridized carbons (Fsp3) is 0.333. The van der Waals surface area contributed by atoms with Gasteiger partial charge in [-0.25, -0.2) is 9.97 Å². The Hall–Kier alpha value is -3.04. The molecule has 0 unspecified atom stereocenters. The van der Waals surface area contributed by atoms with Crippen LogP contribution >= 0.6 is 22.7 Å². The van der Waals surface area contributed by atoms with Crippen LogP contribution in [0.4, 0.5) is 0 Å². The van der Waals surface area contributed by atoms with Crippen molar-refractivity contribution in [3.05, 3.63) is 63.5 Å². The van der Waals surface area contributed by atoms with Gasteiger partial charge in [0.05, 0.1) is 21.6 Å². The molecule has 0 bridgehead atoms. The normalized spacial score (nSPS) is 15.6. The molecule has 1 saturated heterocycles. The summed E-state index contributed by atoms with van der Waals surface area (Å²) in [6, 6.07) is 8.29. The second-order valence-corrected chi connectivity index (χ2v) is 10.3. The molecule has 1 atom stereocenters. The van der Waals surface area contributed by atoms with Crippen LogP contribution in [0.25, 0.3) is 15.4 Å². The molecule has 4 aromatic rings. The standard InChI is InChI=1S/C24H25N5O2S2/c1-4-16-5-7-17(8-6-16)21-19(27-15(3)33-21)23(31)28-10-9-18(28)13-25-22(30)20-14(2)26-24-29(20)11-12-32-24/h5-8,11-12,18H,4,9-10,13H2,1-3H3,(H,25,30)/t18-/m1/s1. The van der Waals surface area contributed by atoms with E-state index >= 15 is 0 Å². The summed E-state index contributed by atoms with van der Waals surface area (Å²) in [6.07, 6.45) is 3.69. The average molecular weight is 480 g/mol. The fourth-order valence-corrected chi connectivity index (χ4v) is 5.85. The van der Waals surface area contributed by atoms with E-state index in [-0.39, 0.29) is 17.9 Å². The summed E-state index contributed by atoms with van der Waals surface area (Å²) in [5.74, 6) is -0.237. The maximum Gasteiger partial charge on any atom is 0.274 e. The van der Waals surface area contributed by atoms with Crippen molar-refractivity contribution >= 4 is 39.4 Å². The molecule has 170 valence electrons. The lowest BCUT2D eigenvalue weighted by atomic mass is 10.0. The van der Waals surface area contributed by atoms with Gasteiger partial charge in [0, 0.05) is 24.7 Å². The first-order chi connectivity index (χ1) is 16.0. The molecule has 0 spiro atoms. The molecule has 0 radical (unpaired) electrons. The van der Waals surface area contributed by atoms with Crippen LogP contribution in [0.2, 0.25) is 0 Å². The van der Waals surface area contributed by atoms with Gasteiger partial charge in [0.15, 0.2) is 4.96 Å². The summed E-state index contributed by atoms with van der Waals surface area (Å²) < 4.78 is 1.81. The molecule has 1 fully saturated rings. The quantitative estimate of drug-likeness (QED) is 0.446. The minimum absolute atomic E-state index is 0.0371. The average Bonchev–Trinajstić information content (AvgIpc) is 3.47. The van der Waals surface area contributed by atoms with Crippen molar-refractivity contribution in [1.82, 2.24) is 24.6 Å². The highest BCUT2D eigenvalue weighted by molar-refractivity contribution is 7.15. The lowest BCUT2D eigenvalue weighted by Crippen LogP contribution is -2.56. The SMILES string of the molecule is CCc1ccc(-c2sc(C)nc2C(=O)N2CC[C@@H]2CNC(=O)c2c(C)nc3sccn23)cc1. The van der Waals surface area contributed by atoms with Gasteiger partial charge in [-0.2, -0.15) is 0 Å². The number of benzene rings is 1. The number of rotatable bonds is 6. The van der Waals surface area contributed by atoms with E-state index in [1.807, 2.05) is 34.7 Å². The van der Waals surface area contributed by atoms with E-state index in [1.165, 1.54) is 16.9 Å². The molecule has 1 aliphatic heterocycles. The van der Waals surface area contributed by atoms with Crippen molar-refractivity contribution in [3.8, 4) is 10.4 Å². The molecule has 4 heterocycles. The number of nitrogens with zero attached hydrogens (tertiary/aromatic N) is 4. The Morgan fingerprint density at radius 3 is 2.67 bits per heavy atom. The smallest absolute Gasteiger partial charge is 0.274 e. The van der Waals surface area contributed by atoms with Gasteiger partial charge in [-0.1, -0.05) is 31.2 Å². The molecule has 0 saturated carbocycles. The van der Waals surface area contributed by atoms with Crippen molar-refractivity contribution < 1.29 is 9.59 Å². The summed E-state index contributed by atoms with van der Waals surface area (Å²) in [7, 11) is 0. The van der Waals surface area contributed by atoms with Gasteiger partial charge in [0.1, 0.15) is 11.4 Å². The van der Waals surface area contributed by atoms with Crippen LogP contribution in [0.3, 0.4) is 0 Å². The lowest BCUT2D eigenvalue weighted by Gasteiger charge is -2.40. The zero-order chi connectivity index (χ0) is 23.1. The fourth-order valence-electron chi connectivity index (χ4n) is 4.18. The number of aryl methyl sites for hydroxylation is 3. The van der Waals surface area contributed by atoms with E-state index < -0.39 is 0 Å². The molecule has 0 aliphatic carbocycles. The molecule has 2 amide bonds. The third-order valence-corrected chi connectivity index (χ3v) is 7.89. The van der Waals surface area contributed by atoms with Crippen molar-refractivity contribution in [2.75, 3.05) is 13.1 Å². The number of aromatic nitrogens is 3. The van der Waals surface area contributed by atoms with E-state index in [0.717, 1.165) is 33.3 Å². The Bertz CT molecular complexity index is 1330. The topological polar surface area (TPSA) is 79.6 Å². The number of carbonyl (C=O) groups excluding carboxylic acids is 2. The van der Waals surface area contributed by atoms with Crippen LogP contribution in [-0.2, 0) is 6.42 Å². The first-order valence-electron chi connectivity index (χ1n) is 11.0. The van der Waals surface area contributed by atoms with E-state index in [1.54, 1.807) is 11.3 Å². The van der Waals surface area contributed by atoms with Gasteiger partial charge in [-0.3, -0.25) is 14.0 Å². The molecule has 1 aliphatic rings. The van der Waals surface area contributed by atoms with E-state index in [4.69, 9.17) is 0 Å². The number of fused-ring (bicyclic) bond motifs is 1. The number of carbonyl (C=O) groups is 2. The number of hydrogen-bond donors (Lipinski definition) is 1. The Kier molecular flexibility index (Phi) is 5.76. The van der Waals surface area contributed by atoms with Gasteiger partial charge in [0.2, 0.25) is 0 Å². The minimum atomic E-state index is -0.168. The first kappa shape index (κ1) is 21.8. The van der Waals surface area contributed by atoms with Crippen molar-refractivity contribution in [3.63, 3.8) is 0 Å². The molecular weight excluding hydrogens is 454 g/mol. The molecular formula is C24H25N5O2S2. The van der Waals surface area contributed by atoms with Crippen LogP contribution in [0.5, 0.6) is 0 Å². The van der Waals surface area contributed by atoms with E-state index in [9.17, 15) is 9.59 Å². The largest absolute Gasteiger partial charge is 0.349 e. The zero-order valence-corrected chi connectivity index (χ0v) is 20.4. The summed E-state index contributed by atoms with van der Waals surface area (Å²) in [6.45, 7) is 6.97. The molecule has 7 nitrogen and oxygen atoms in total. The van der Waals surface area contributed by atoms with Gasteiger partial charge < -0.3 is 10.2 Å². The molecule has 33 heavy (non-hydrogen) atoms. The Labute approximate surface area is 200 Å². The second-order valence-electron chi connectivity index (χ2n) is 8.21. The van der Waals surface area contributed by atoms with Crippen LogP contribution in [0, 0.1) is 13.8 Å². The summed E-state index contributed by atoms with van der Waals surface area (Å²) >= 11 is 3.04. The highest BCUT2D eigenvalue weighted by Gasteiger charge is 2.35. The predicted octanol–water partition coefficient (Wildman–Crippen LogP) is 4.34. The minimum Gasteiger partial charge on any atom is -0.349 e. The van der Waals surface area contributed by atoms with Crippen molar-refractivity contribution in [2.24, 2.45) is 0 Å². The Morgan fingerprint density at radius 1 is 1.18 bits per heavy atom. The predicted molar refractivity (Wildman–Crippen MR) is 131 cm³/mol. The Balaban J connectivity index is 1.30. The number of thiazole rings is 2. The number of nitrogens with one attached hydrogen (secondary N) is 1. The van der Waals surface area contributed by atoms with Gasteiger partial charge in [-0.05, 0) is 37.8 Å². The number of hydrogen-bond acceptors (Lipinski definition) is 6. The molecule has 1 N–H and O–H groups in total.